The molecule has 0 spiro atoms. The summed E-state index contributed by atoms with van der Waals surface area (Å²) in [7, 11) is 0. The van der Waals surface area contributed by atoms with Gasteiger partial charge in [0.2, 0.25) is 0 Å². The predicted molar refractivity (Wildman–Crippen MR) is 142 cm³/mol. The summed E-state index contributed by atoms with van der Waals surface area (Å²) in [5, 5.41) is 18.0. The van der Waals surface area contributed by atoms with Crippen LogP contribution in [0.1, 0.15) is 35.3 Å². The Morgan fingerprint density at radius 3 is 2.42 bits per heavy atom. The van der Waals surface area contributed by atoms with E-state index in [4.69, 9.17) is 4.98 Å². The number of carboxylic acids is 1. The predicted octanol–water partition coefficient (Wildman–Crippen LogP) is 4.68. The van der Waals surface area contributed by atoms with E-state index in [0.717, 1.165) is 38.8 Å². The number of carboxylic acid groups (broad SMARTS) is 1. The smallest absolute Gasteiger partial charge is 0.309 e. The number of para-hydroxylation sites is 2. The fourth-order valence-corrected chi connectivity index (χ4v) is 6.32. The number of fused-ring (bicyclic) bond motifs is 2. The van der Waals surface area contributed by atoms with E-state index < -0.39 is 11.4 Å². The highest BCUT2D eigenvalue weighted by molar-refractivity contribution is 6.07. The van der Waals surface area contributed by atoms with E-state index in [-0.39, 0.29) is 11.3 Å². The topological polar surface area (TPSA) is 110 Å². The van der Waals surface area contributed by atoms with E-state index in [1.165, 1.54) is 0 Å². The van der Waals surface area contributed by atoms with Gasteiger partial charge < -0.3 is 10.4 Å². The Hall–Kier alpha value is -4.59. The van der Waals surface area contributed by atoms with E-state index in [9.17, 15) is 14.7 Å². The lowest BCUT2D eigenvalue weighted by Crippen LogP contribution is -2.68. The molecule has 2 bridgehead atoms. The molecule has 3 fully saturated rings. The van der Waals surface area contributed by atoms with Gasteiger partial charge in [0.25, 0.3) is 5.91 Å². The molecule has 0 unspecified atom stereocenters. The average molecular weight is 504 g/mol. The first-order valence-electron chi connectivity index (χ1n) is 12.7. The second-order valence-corrected chi connectivity index (χ2v) is 10.8. The van der Waals surface area contributed by atoms with Gasteiger partial charge in [-0.05, 0) is 60.1 Å². The van der Waals surface area contributed by atoms with Crippen LogP contribution in [0.15, 0.2) is 79.1 Å². The number of nitrogens with zero attached hydrogens (tertiary/aromatic N) is 4. The largest absolute Gasteiger partial charge is 0.481 e. The molecule has 3 aromatic carbocycles. The molecule has 8 nitrogen and oxygen atoms in total. The van der Waals surface area contributed by atoms with E-state index in [2.05, 4.69) is 21.5 Å². The molecule has 1 amide bonds. The van der Waals surface area contributed by atoms with Crippen molar-refractivity contribution in [2.45, 2.75) is 25.8 Å². The Morgan fingerprint density at radius 1 is 0.921 bits per heavy atom. The zero-order valence-electron chi connectivity index (χ0n) is 20.6. The Bertz CT molecular complexity index is 1720. The van der Waals surface area contributed by atoms with Crippen molar-refractivity contribution in [2.75, 3.05) is 6.54 Å². The lowest BCUT2D eigenvalue weighted by molar-refractivity contribution is -0.219. The van der Waals surface area contributed by atoms with E-state index in [1.54, 1.807) is 17.1 Å². The van der Waals surface area contributed by atoms with Crippen molar-refractivity contribution in [1.82, 2.24) is 25.1 Å². The highest BCUT2D eigenvalue weighted by atomic mass is 16.4. The molecule has 0 aliphatic heterocycles. The van der Waals surface area contributed by atoms with Crippen LogP contribution in [0.2, 0.25) is 0 Å². The second-order valence-electron chi connectivity index (χ2n) is 10.8. The molecule has 8 heteroatoms. The van der Waals surface area contributed by atoms with Crippen molar-refractivity contribution >= 4 is 33.8 Å². The van der Waals surface area contributed by atoms with Gasteiger partial charge in [0.15, 0.2) is 0 Å². The summed E-state index contributed by atoms with van der Waals surface area (Å²) < 4.78 is 1.80. The monoisotopic (exact) mass is 503 g/mol. The zero-order valence-corrected chi connectivity index (χ0v) is 20.6. The SMILES string of the molecule is O=C(NCC12CC(C(=O)O)(C1)C2)c1cc(-c2ccccc2)cc2cnn(Cc3cnc4ccccc4n3)c12. The minimum atomic E-state index is -0.719. The number of aromatic nitrogens is 4. The number of benzene rings is 3. The Balaban J connectivity index is 1.23. The third-order valence-electron chi connectivity index (χ3n) is 8.11. The van der Waals surface area contributed by atoms with Crippen LogP contribution < -0.4 is 5.32 Å². The average Bonchev–Trinajstić information content (AvgIpc) is 3.29. The van der Waals surface area contributed by atoms with Crippen LogP contribution in [0.4, 0.5) is 0 Å². The first kappa shape index (κ1) is 22.6. The molecule has 3 aliphatic carbocycles. The quantitative estimate of drug-likeness (QED) is 0.334. The normalized spacial score (nSPS) is 21.6. The number of hydrogen-bond acceptors (Lipinski definition) is 5. The number of nitrogens with one attached hydrogen (secondary N) is 1. The molecular weight excluding hydrogens is 478 g/mol. The van der Waals surface area contributed by atoms with Gasteiger partial charge in [-0.3, -0.25) is 19.3 Å². The number of amides is 1. The first-order chi connectivity index (χ1) is 18.4. The molecule has 8 rings (SSSR count). The molecule has 3 aliphatic rings. The maximum Gasteiger partial charge on any atom is 0.309 e. The molecule has 2 heterocycles. The molecule has 5 aromatic rings. The van der Waals surface area contributed by atoms with Gasteiger partial charge >= 0.3 is 5.97 Å². The summed E-state index contributed by atoms with van der Waals surface area (Å²) in [5.74, 6) is -0.906. The highest BCUT2D eigenvalue weighted by Gasteiger charge is 2.71. The summed E-state index contributed by atoms with van der Waals surface area (Å²) in [5.41, 5.74) is 4.94. The van der Waals surface area contributed by atoms with Crippen LogP contribution in [0, 0.1) is 10.8 Å². The molecule has 38 heavy (non-hydrogen) atoms. The summed E-state index contributed by atoms with van der Waals surface area (Å²) in [6.45, 7) is 0.847. The lowest BCUT2D eigenvalue weighted by atomic mass is 9.35. The van der Waals surface area contributed by atoms with Crippen molar-refractivity contribution in [3.05, 3.63) is 90.4 Å². The standard InChI is InChI=1S/C30H25N5O3/c36-27(32-18-29-15-30(16-29,17-29)28(37)38)23-11-20(19-6-2-1-3-7-19)10-21-12-33-35(26(21)23)14-22-13-31-24-8-4-5-9-25(24)34-22/h1-13H,14-18H2,(H,32,36)(H,37,38). The fraction of sp³-hybridized carbons (Fsp3) is 0.233. The van der Waals surface area contributed by atoms with Gasteiger partial charge in [-0.2, -0.15) is 5.10 Å². The summed E-state index contributed by atoms with van der Waals surface area (Å²) >= 11 is 0. The molecule has 0 atom stereocenters. The third kappa shape index (κ3) is 3.55. The molecule has 2 N–H and O–H groups in total. The highest BCUT2D eigenvalue weighted by Crippen LogP contribution is 2.73. The Kier molecular flexibility index (Phi) is 4.88. The summed E-state index contributed by atoms with van der Waals surface area (Å²) in [6.07, 6.45) is 5.43. The number of hydrogen-bond donors (Lipinski definition) is 2. The number of rotatable bonds is 7. The molecule has 2 aromatic heterocycles. The van der Waals surface area contributed by atoms with Crippen LogP contribution in [-0.2, 0) is 11.3 Å². The Morgan fingerprint density at radius 2 is 1.66 bits per heavy atom. The van der Waals surface area contributed by atoms with Gasteiger partial charge in [-0.1, -0.05) is 42.5 Å². The molecule has 0 saturated heterocycles. The zero-order chi connectivity index (χ0) is 25.9. The lowest BCUT2D eigenvalue weighted by Gasteiger charge is -2.68. The van der Waals surface area contributed by atoms with Gasteiger partial charge in [-0.25, -0.2) is 4.98 Å². The molecule has 188 valence electrons. The first-order valence-corrected chi connectivity index (χ1v) is 12.7. The molecular formula is C30H25N5O3. The third-order valence-corrected chi connectivity index (χ3v) is 8.11. The van der Waals surface area contributed by atoms with Crippen LogP contribution >= 0.6 is 0 Å². The minimum Gasteiger partial charge on any atom is -0.481 e. The maximum atomic E-state index is 13.6. The van der Waals surface area contributed by atoms with Crippen LogP contribution in [-0.4, -0.2) is 43.3 Å². The molecule has 3 saturated carbocycles. The van der Waals surface area contributed by atoms with E-state index >= 15 is 0 Å². The van der Waals surface area contributed by atoms with Crippen LogP contribution in [0.5, 0.6) is 0 Å². The van der Waals surface area contributed by atoms with Gasteiger partial charge in [0.05, 0.1) is 52.2 Å². The van der Waals surface area contributed by atoms with Gasteiger partial charge in [0, 0.05) is 11.9 Å². The number of carbonyl (C=O) groups is 2. The van der Waals surface area contributed by atoms with Gasteiger partial charge in [0.1, 0.15) is 0 Å². The van der Waals surface area contributed by atoms with Crippen molar-refractivity contribution in [3.63, 3.8) is 0 Å². The van der Waals surface area contributed by atoms with E-state index in [1.807, 2.05) is 60.7 Å². The summed E-state index contributed by atoms with van der Waals surface area (Å²) in [6, 6.07) is 21.6. The van der Waals surface area contributed by atoms with Gasteiger partial charge in [-0.15, -0.1) is 0 Å². The van der Waals surface area contributed by atoms with Crippen molar-refractivity contribution < 1.29 is 14.7 Å². The molecule has 0 radical (unpaired) electrons. The van der Waals surface area contributed by atoms with Crippen LogP contribution in [0.25, 0.3) is 33.1 Å². The van der Waals surface area contributed by atoms with Crippen LogP contribution in [0.3, 0.4) is 0 Å². The van der Waals surface area contributed by atoms with Crippen molar-refractivity contribution in [2.24, 2.45) is 10.8 Å². The number of carbonyl (C=O) groups excluding carboxylic acids is 1. The van der Waals surface area contributed by atoms with E-state index in [0.29, 0.717) is 37.9 Å². The number of aliphatic carboxylic acids is 1. The second kappa shape index (κ2) is 8.21. The Labute approximate surface area is 218 Å². The maximum absolute atomic E-state index is 13.6. The summed E-state index contributed by atoms with van der Waals surface area (Å²) in [4.78, 5) is 34.4. The fourth-order valence-electron chi connectivity index (χ4n) is 6.32. The van der Waals surface area contributed by atoms with Crippen molar-refractivity contribution in [1.29, 1.82) is 0 Å². The van der Waals surface area contributed by atoms with Crippen molar-refractivity contribution in [3.8, 4) is 11.1 Å². The minimum absolute atomic E-state index is 0.0921.